The molecule has 1 fully saturated rings. The lowest BCUT2D eigenvalue weighted by molar-refractivity contribution is -0.131. The number of hydrogen-bond acceptors (Lipinski definition) is 5. The average Bonchev–Trinajstić information content (AvgIpc) is 2.83. The minimum Gasteiger partial charge on any atom is -0.347 e. The van der Waals surface area contributed by atoms with Gasteiger partial charge in [0, 0.05) is 0 Å². The molecule has 1 aromatic heterocycles. The van der Waals surface area contributed by atoms with Crippen molar-refractivity contribution in [1.82, 2.24) is 10.3 Å². The Kier molecular flexibility index (Phi) is 3.97. The highest BCUT2D eigenvalue weighted by atomic mass is 32.1. The molecule has 1 aromatic carbocycles. The van der Waals surface area contributed by atoms with Gasteiger partial charge in [0.05, 0.1) is 28.7 Å². The van der Waals surface area contributed by atoms with Gasteiger partial charge in [-0.1, -0.05) is 6.07 Å². The van der Waals surface area contributed by atoms with Crippen molar-refractivity contribution < 1.29 is 9.59 Å². The highest BCUT2D eigenvalue weighted by molar-refractivity contribution is 7.18. The molecule has 1 heterocycles. The Bertz CT molecular complexity index is 734. The molecule has 116 valence electrons. The van der Waals surface area contributed by atoms with E-state index < -0.39 is 5.54 Å². The maximum Gasteiger partial charge on any atom is 0.240 e. The lowest BCUT2D eigenvalue weighted by Crippen LogP contribution is -2.59. The lowest BCUT2D eigenvalue weighted by Gasteiger charge is -2.36. The van der Waals surface area contributed by atoms with E-state index in [1.54, 1.807) is 0 Å². The minimum absolute atomic E-state index is 0.0206. The smallest absolute Gasteiger partial charge is 0.240 e. The summed E-state index contributed by atoms with van der Waals surface area (Å²) < 4.78 is 1.09. The van der Waals surface area contributed by atoms with Crippen LogP contribution in [0.25, 0.3) is 10.2 Å². The van der Waals surface area contributed by atoms with Crippen LogP contribution in [0.5, 0.6) is 0 Å². The number of rotatable bonds is 5. The number of aryl methyl sites for hydroxylation is 1. The maximum absolute atomic E-state index is 12.0. The predicted molar refractivity (Wildman–Crippen MR) is 86.8 cm³/mol. The van der Waals surface area contributed by atoms with E-state index in [0.717, 1.165) is 21.6 Å². The van der Waals surface area contributed by atoms with Crippen LogP contribution in [0.2, 0.25) is 0 Å². The molecule has 1 aliphatic rings. The van der Waals surface area contributed by atoms with Crippen LogP contribution in [-0.2, 0) is 16.0 Å². The van der Waals surface area contributed by atoms with Gasteiger partial charge >= 0.3 is 0 Å². The SMILES string of the molecule is Cc1ccc2nc(CC(=O)CNC(=O)C3(N)CCC3)sc2c1. The Morgan fingerprint density at radius 2 is 2.18 bits per heavy atom. The number of nitrogens with zero attached hydrogens (tertiary/aromatic N) is 1. The summed E-state index contributed by atoms with van der Waals surface area (Å²) in [7, 11) is 0. The van der Waals surface area contributed by atoms with Gasteiger partial charge in [0.15, 0.2) is 5.78 Å². The fourth-order valence-electron chi connectivity index (χ4n) is 2.53. The second kappa shape index (κ2) is 5.78. The molecule has 1 amide bonds. The highest BCUT2D eigenvalue weighted by Gasteiger charge is 2.39. The zero-order valence-electron chi connectivity index (χ0n) is 12.5. The molecule has 3 rings (SSSR count). The molecule has 0 bridgehead atoms. The molecule has 1 saturated carbocycles. The van der Waals surface area contributed by atoms with Crippen LogP contribution in [0.15, 0.2) is 18.2 Å². The zero-order chi connectivity index (χ0) is 15.7. The maximum atomic E-state index is 12.0. The second-order valence-corrected chi connectivity index (χ2v) is 7.10. The van der Waals surface area contributed by atoms with E-state index in [4.69, 9.17) is 5.73 Å². The van der Waals surface area contributed by atoms with Crippen LogP contribution < -0.4 is 11.1 Å². The van der Waals surface area contributed by atoms with Crippen molar-refractivity contribution in [2.75, 3.05) is 6.54 Å². The zero-order valence-corrected chi connectivity index (χ0v) is 13.3. The molecule has 0 aliphatic heterocycles. The van der Waals surface area contributed by atoms with Crippen molar-refractivity contribution in [2.45, 2.75) is 38.1 Å². The number of carbonyl (C=O) groups is 2. The Morgan fingerprint density at radius 3 is 2.86 bits per heavy atom. The summed E-state index contributed by atoms with van der Waals surface area (Å²) >= 11 is 1.53. The van der Waals surface area contributed by atoms with Gasteiger partial charge in [-0.3, -0.25) is 9.59 Å². The second-order valence-electron chi connectivity index (χ2n) is 5.99. The van der Waals surface area contributed by atoms with Gasteiger partial charge in [-0.25, -0.2) is 4.98 Å². The summed E-state index contributed by atoms with van der Waals surface area (Å²) in [6.07, 6.45) is 2.62. The molecular formula is C16H19N3O2S. The molecule has 0 radical (unpaired) electrons. The van der Waals surface area contributed by atoms with Crippen molar-refractivity contribution in [3.05, 3.63) is 28.8 Å². The first-order valence-electron chi connectivity index (χ1n) is 7.41. The molecule has 0 atom stereocenters. The van der Waals surface area contributed by atoms with Crippen LogP contribution >= 0.6 is 11.3 Å². The third kappa shape index (κ3) is 3.03. The van der Waals surface area contributed by atoms with Gasteiger partial charge < -0.3 is 11.1 Å². The van der Waals surface area contributed by atoms with Gasteiger partial charge in [0.2, 0.25) is 5.91 Å². The van der Waals surface area contributed by atoms with Crippen molar-refractivity contribution in [3.8, 4) is 0 Å². The number of hydrogen-bond donors (Lipinski definition) is 2. The first-order valence-corrected chi connectivity index (χ1v) is 8.23. The van der Waals surface area contributed by atoms with E-state index in [-0.39, 0.29) is 24.7 Å². The first-order chi connectivity index (χ1) is 10.5. The first kappa shape index (κ1) is 15.1. The van der Waals surface area contributed by atoms with E-state index >= 15 is 0 Å². The fraction of sp³-hybridized carbons (Fsp3) is 0.438. The number of fused-ring (bicyclic) bond motifs is 1. The van der Waals surface area contributed by atoms with Crippen LogP contribution in [0, 0.1) is 6.92 Å². The topological polar surface area (TPSA) is 85.1 Å². The molecule has 0 spiro atoms. The largest absolute Gasteiger partial charge is 0.347 e. The summed E-state index contributed by atoms with van der Waals surface area (Å²) in [4.78, 5) is 28.3. The summed E-state index contributed by atoms with van der Waals surface area (Å²) in [5, 5.41) is 3.43. The minimum atomic E-state index is -0.756. The summed E-state index contributed by atoms with van der Waals surface area (Å²) in [5.74, 6) is -0.265. The Morgan fingerprint density at radius 1 is 1.41 bits per heavy atom. The molecule has 6 heteroatoms. The summed E-state index contributed by atoms with van der Waals surface area (Å²) in [5.41, 5.74) is 7.25. The molecular weight excluding hydrogens is 298 g/mol. The Balaban J connectivity index is 1.57. The van der Waals surface area contributed by atoms with Crippen LogP contribution in [0.4, 0.5) is 0 Å². The van der Waals surface area contributed by atoms with E-state index in [0.29, 0.717) is 12.8 Å². The van der Waals surface area contributed by atoms with E-state index in [9.17, 15) is 9.59 Å². The average molecular weight is 317 g/mol. The van der Waals surface area contributed by atoms with E-state index in [1.165, 1.54) is 16.9 Å². The van der Waals surface area contributed by atoms with Gasteiger partial charge in [-0.15, -0.1) is 11.3 Å². The fourth-order valence-corrected chi connectivity index (χ4v) is 3.62. The number of thiazole rings is 1. The monoisotopic (exact) mass is 317 g/mol. The number of aromatic nitrogens is 1. The molecule has 0 unspecified atom stereocenters. The molecule has 5 nitrogen and oxygen atoms in total. The van der Waals surface area contributed by atoms with Crippen molar-refractivity contribution >= 4 is 33.2 Å². The van der Waals surface area contributed by atoms with Crippen molar-refractivity contribution in [1.29, 1.82) is 0 Å². The van der Waals surface area contributed by atoms with Crippen LogP contribution in [0.3, 0.4) is 0 Å². The van der Waals surface area contributed by atoms with Gasteiger partial charge in [0.1, 0.15) is 5.01 Å². The van der Waals surface area contributed by atoms with E-state index in [1.807, 2.05) is 19.1 Å². The third-order valence-electron chi connectivity index (χ3n) is 4.08. The normalized spacial score (nSPS) is 16.3. The third-order valence-corrected chi connectivity index (χ3v) is 5.10. The number of ketones is 1. The number of benzene rings is 1. The molecule has 3 N–H and O–H groups in total. The van der Waals surface area contributed by atoms with Gasteiger partial charge in [-0.2, -0.15) is 0 Å². The van der Waals surface area contributed by atoms with Crippen LogP contribution in [-0.4, -0.2) is 28.8 Å². The van der Waals surface area contributed by atoms with Gasteiger partial charge in [0.25, 0.3) is 0 Å². The summed E-state index contributed by atoms with van der Waals surface area (Å²) in [6.45, 7) is 2.05. The predicted octanol–water partition coefficient (Wildman–Crippen LogP) is 1.71. The standard InChI is InChI=1S/C16H19N3O2S/c1-10-3-4-12-13(7-10)22-14(19-12)8-11(20)9-18-15(21)16(17)5-2-6-16/h3-4,7H,2,5-6,8-9,17H2,1H3,(H,18,21). The number of amides is 1. The van der Waals surface area contributed by atoms with E-state index in [2.05, 4.69) is 16.4 Å². The quantitative estimate of drug-likeness (QED) is 0.879. The Labute approximate surface area is 132 Å². The molecule has 0 saturated heterocycles. The molecule has 1 aliphatic carbocycles. The van der Waals surface area contributed by atoms with Crippen molar-refractivity contribution in [2.24, 2.45) is 5.73 Å². The highest BCUT2D eigenvalue weighted by Crippen LogP contribution is 2.29. The Hall–Kier alpha value is -1.79. The number of carbonyl (C=O) groups excluding carboxylic acids is 2. The molecule has 2 aromatic rings. The summed E-state index contributed by atoms with van der Waals surface area (Å²) in [6, 6.07) is 6.04. The number of Topliss-reactive ketones (excluding diaryl/α,β-unsaturated/α-hetero) is 1. The number of nitrogens with one attached hydrogen (secondary N) is 1. The molecule has 22 heavy (non-hydrogen) atoms. The van der Waals surface area contributed by atoms with Crippen LogP contribution in [0.1, 0.15) is 29.8 Å². The lowest BCUT2D eigenvalue weighted by atomic mass is 9.77. The van der Waals surface area contributed by atoms with Gasteiger partial charge in [-0.05, 0) is 43.9 Å². The van der Waals surface area contributed by atoms with Crippen molar-refractivity contribution in [3.63, 3.8) is 0 Å². The number of nitrogens with two attached hydrogens (primary N) is 1.